The molecule has 0 aliphatic carbocycles. The fraction of sp³-hybridized carbons (Fsp3) is 0.462. The van der Waals surface area contributed by atoms with Crippen LogP contribution < -0.4 is 0 Å². The highest BCUT2D eigenvalue weighted by Gasteiger charge is 2.29. The molecule has 0 saturated carbocycles. The zero-order chi connectivity index (χ0) is 12.3. The second-order valence-electron chi connectivity index (χ2n) is 4.36. The van der Waals surface area contributed by atoms with Gasteiger partial charge < -0.3 is 5.11 Å². The normalized spacial score (nSPS) is 18.9. The molecule has 0 radical (unpaired) electrons. The predicted molar refractivity (Wildman–Crippen MR) is 67.3 cm³/mol. The van der Waals surface area contributed by atoms with E-state index < -0.39 is 12.0 Å². The van der Waals surface area contributed by atoms with Crippen molar-refractivity contribution >= 4 is 17.6 Å². The lowest BCUT2D eigenvalue weighted by molar-refractivity contribution is -0.144. The van der Waals surface area contributed by atoms with Crippen LogP contribution in [-0.2, 0) is 4.79 Å². The van der Waals surface area contributed by atoms with Crippen LogP contribution in [0.5, 0.6) is 0 Å². The molecule has 1 saturated heterocycles. The van der Waals surface area contributed by atoms with Gasteiger partial charge in [0.2, 0.25) is 0 Å². The van der Waals surface area contributed by atoms with E-state index in [4.69, 9.17) is 11.6 Å². The van der Waals surface area contributed by atoms with Gasteiger partial charge in [-0.05, 0) is 37.6 Å². The molecule has 1 N–H and O–H groups in total. The molecule has 0 spiro atoms. The Bertz CT molecular complexity index is 402. The minimum Gasteiger partial charge on any atom is -0.480 e. The van der Waals surface area contributed by atoms with Crippen molar-refractivity contribution in [2.24, 2.45) is 0 Å². The lowest BCUT2D eigenvalue weighted by Crippen LogP contribution is -2.38. The summed E-state index contributed by atoms with van der Waals surface area (Å²) in [5.41, 5.74) is 0.698. The van der Waals surface area contributed by atoms with Crippen LogP contribution in [0, 0.1) is 0 Å². The molecule has 1 heterocycles. The Morgan fingerprint density at radius 1 is 1.24 bits per heavy atom. The number of carbonyl (C=O) groups is 1. The van der Waals surface area contributed by atoms with Crippen LogP contribution >= 0.6 is 11.6 Å². The van der Waals surface area contributed by atoms with E-state index in [1.165, 1.54) is 6.42 Å². The third-order valence-electron chi connectivity index (χ3n) is 3.19. The minimum absolute atomic E-state index is 0.533. The first-order valence-electron chi connectivity index (χ1n) is 5.91. The predicted octanol–water partition coefficient (Wildman–Crippen LogP) is 2.95. The van der Waals surface area contributed by atoms with Gasteiger partial charge in [0.05, 0.1) is 0 Å². The molecule has 0 aromatic heterocycles. The van der Waals surface area contributed by atoms with Gasteiger partial charge in [-0.1, -0.05) is 36.2 Å². The maximum Gasteiger partial charge on any atom is 0.325 e. The van der Waals surface area contributed by atoms with Gasteiger partial charge in [0, 0.05) is 5.02 Å². The number of nitrogens with zero attached hydrogens (tertiary/aromatic N) is 1. The van der Waals surface area contributed by atoms with E-state index in [9.17, 15) is 9.90 Å². The molecule has 1 fully saturated rings. The Labute approximate surface area is 106 Å². The van der Waals surface area contributed by atoms with Crippen LogP contribution in [0.3, 0.4) is 0 Å². The van der Waals surface area contributed by atoms with Crippen LogP contribution in [-0.4, -0.2) is 29.1 Å². The second-order valence-corrected chi connectivity index (χ2v) is 4.77. The smallest absolute Gasteiger partial charge is 0.325 e. The summed E-state index contributed by atoms with van der Waals surface area (Å²) in [6.07, 6.45) is 3.31. The highest BCUT2D eigenvalue weighted by atomic mass is 35.5. The summed E-state index contributed by atoms with van der Waals surface area (Å²) >= 11 is 6.09. The molecule has 17 heavy (non-hydrogen) atoms. The Hall–Kier alpha value is -1.06. The number of rotatable bonds is 3. The molecule has 4 heteroatoms. The zero-order valence-electron chi connectivity index (χ0n) is 9.60. The van der Waals surface area contributed by atoms with Crippen LogP contribution in [0.1, 0.15) is 30.9 Å². The largest absolute Gasteiger partial charge is 0.480 e. The lowest BCUT2D eigenvalue weighted by Gasteiger charge is -2.32. The number of hydrogen-bond donors (Lipinski definition) is 1. The Kier molecular flexibility index (Phi) is 4.02. The number of piperidine rings is 1. The van der Waals surface area contributed by atoms with E-state index in [-0.39, 0.29) is 0 Å². The van der Waals surface area contributed by atoms with E-state index in [0.29, 0.717) is 10.6 Å². The summed E-state index contributed by atoms with van der Waals surface area (Å²) in [6, 6.07) is 6.60. The number of benzene rings is 1. The van der Waals surface area contributed by atoms with Crippen molar-refractivity contribution in [1.82, 2.24) is 4.90 Å². The van der Waals surface area contributed by atoms with Gasteiger partial charge >= 0.3 is 5.97 Å². The second kappa shape index (κ2) is 5.52. The van der Waals surface area contributed by atoms with Crippen molar-refractivity contribution in [1.29, 1.82) is 0 Å². The van der Waals surface area contributed by atoms with Gasteiger partial charge in [-0.15, -0.1) is 0 Å². The monoisotopic (exact) mass is 253 g/mol. The molecule has 1 aromatic carbocycles. The average molecular weight is 254 g/mol. The molecule has 0 bridgehead atoms. The summed E-state index contributed by atoms with van der Waals surface area (Å²) in [6.45, 7) is 1.67. The molecule has 1 aliphatic rings. The van der Waals surface area contributed by atoms with E-state index in [0.717, 1.165) is 25.9 Å². The average Bonchev–Trinajstić information content (AvgIpc) is 2.33. The molecule has 92 valence electrons. The number of likely N-dealkylation sites (tertiary alicyclic amines) is 1. The van der Waals surface area contributed by atoms with Gasteiger partial charge in [0.25, 0.3) is 0 Å². The van der Waals surface area contributed by atoms with Crippen molar-refractivity contribution in [3.63, 3.8) is 0 Å². The van der Waals surface area contributed by atoms with Crippen molar-refractivity contribution in [2.75, 3.05) is 13.1 Å². The molecule has 1 atom stereocenters. The van der Waals surface area contributed by atoms with Crippen LogP contribution in [0.4, 0.5) is 0 Å². The summed E-state index contributed by atoms with van der Waals surface area (Å²) in [7, 11) is 0. The first-order valence-corrected chi connectivity index (χ1v) is 6.29. The van der Waals surface area contributed by atoms with Crippen molar-refractivity contribution < 1.29 is 9.90 Å². The Morgan fingerprint density at radius 2 is 1.88 bits per heavy atom. The molecule has 0 amide bonds. The molecule has 1 aromatic rings. The molecule has 2 rings (SSSR count). The van der Waals surface area contributed by atoms with E-state index in [2.05, 4.69) is 0 Å². The summed E-state index contributed by atoms with van der Waals surface area (Å²) in [5.74, 6) is -0.819. The molecular formula is C13H16ClNO2. The van der Waals surface area contributed by atoms with Gasteiger partial charge in [-0.25, -0.2) is 0 Å². The summed E-state index contributed by atoms with van der Waals surface area (Å²) in [5, 5.41) is 9.94. The van der Waals surface area contributed by atoms with Gasteiger partial charge in [0.15, 0.2) is 0 Å². The fourth-order valence-corrected chi connectivity index (χ4v) is 2.60. The minimum atomic E-state index is -0.819. The van der Waals surface area contributed by atoms with Crippen molar-refractivity contribution in [3.8, 4) is 0 Å². The van der Waals surface area contributed by atoms with Gasteiger partial charge in [-0.2, -0.15) is 0 Å². The number of carboxylic acid groups (broad SMARTS) is 1. The van der Waals surface area contributed by atoms with Crippen LogP contribution in [0.25, 0.3) is 0 Å². The van der Waals surface area contributed by atoms with E-state index in [1.807, 2.05) is 17.0 Å². The van der Waals surface area contributed by atoms with E-state index in [1.54, 1.807) is 12.1 Å². The summed E-state index contributed by atoms with van der Waals surface area (Å²) in [4.78, 5) is 13.5. The third-order valence-corrected chi connectivity index (χ3v) is 3.53. The number of aliphatic carboxylic acids is 1. The fourth-order valence-electron chi connectivity index (χ4n) is 2.36. The van der Waals surface area contributed by atoms with Gasteiger partial charge in [0.1, 0.15) is 6.04 Å². The van der Waals surface area contributed by atoms with Crippen LogP contribution in [0.15, 0.2) is 24.3 Å². The third kappa shape index (κ3) is 2.79. The maximum atomic E-state index is 11.5. The van der Waals surface area contributed by atoms with E-state index >= 15 is 0 Å². The highest BCUT2D eigenvalue weighted by Crippen LogP contribution is 2.29. The zero-order valence-corrected chi connectivity index (χ0v) is 10.4. The molecule has 3 nitrogen and oxygen atoms in total. The number of hydrogen-bond acceptors (Lipinski definition) is 2. The highest BCUT2D eigenvalue weighted by molar-refractivity contribution is 6.31. The van der Waals surface area contributed by atoms with Crippen LogP contribution in [0.2, 0.25) is 5.02 Å². The van der Waals surface area contributed by atoms with Gasteiger partial charge in [-0.3, -0.25) is 9.69 Å². The number of halogens is 1. The maximum absolute atomic E-state index is 11.5. The molecular weight excluding hydrogens is 238 g/mol. The molecule has 0 unspecified atom stereocenters. The first-order chi connectivity index (χ1) is 8.20. The van der Waals surface area contributed by atoms with Crippen molar-refractivity contribution in [3.05, 3.63) is 34.9 Å². The Morgan fingerprint density at radius 3 is 2.47 bits per heavy atom. The summed E-state index contributed by atoms with van der Waals surface area (Å²) < 4.78 is 0. The number of carboxylic acids is 1. The first kappa shape index (κ1) is 12.4. The standard InChI is InChI=1S/C13H16ClNO2/c14-11-7-3-2-6-10(11)12(13(16)17)15-8-4-1-5-9-15/h2-3,6-7,12H,1,4-5,8-9H2,(H,16,17)/t12-/m0/s1. The Balaban J connectivity index is 2.28. The lowest BCUT2D eigenvalue weighted by atomic mass is 10.0. The van der Waals surface area contributed by atoms with Crippen molar-refractivity contribution in [2.45, 2.75) is 25.3 Å². The quantitative estimate of drug-likeness (QED) is 0.900. The SMILES string of the molecule is O=C(O)[C@H](c1ccccc1Cl)N1CCCCC1. The molecule has 1 aliphatic heterocycles. The topological polar surface area (TPSA) is 40.5 Å².